The Balaban J connectivity index is 1.54. The average molecular weight is 367 g/mol. The van der Waals surface area contributed by atoms with E-state index in [1.54, 1.807) is 4.90 Å². The van der Waals surface area contributed by atoms with Gasteiger partial charge in [0.25, 0.3) is 5.56 Å². The molecule has 3 rings (SSSR count). The van der Waals surface area contributed by atoms with E-state index >= 15 is 0 Å². The van der Waals surface area contributed by atoms with Gasteiger partial charge < -0.3 is 15.2 Å². The second-order valence-corrected chi connectivity index (χ2v) is 7.14. The molecule has 0 radical (unpaired) electrons. The maximum absolute atomic E-state index is 12.5. The Morgan fingerprint density at radius 3 is 2.67 bits per heavy atom. The molecule has 0 aliphatic carbocycles. The maximum Gasteiger partial charge on any atom is 0.253 e. The number of aromatic amines is 1. The zero-order valence-electron chi connectivity index (χ0n) is 15.7. The molecule has 1 aliphatic heterocycles. The highest BCUT2D eigenvalue weighted by molar-refractivity contribution is 5.89. The van der Waals surface area contributed by atoms with Crippen molar-refractivity contribution >= 4 is 11.8 Å². The predicted octanol–water partition coefficient (Wildman–Crippen LogP) is 1.70. The Morgan fingerprint density at radius 2 is 1.96 bits per heavy atom. The van der Waals surface area contributed by atoms with Crippen molar-refractivity contribution in [2.75, 3.05) is 13.1 Å². The summed E-state index contributed by atoms with van der Waals surface area (Å²) in [6, 6.07) is 11.9. The van der Waals surface area contributed by atoms with Crippen LogP contribution in [-0.4, -0.2) is 34.8 Å². The van der Waals surface area contributed by atoms with Gasteiger partial charge in [-0.15, -0.1) is 0 Å². The first-order valence-corrected chi connectivity index (χ1v) is 9.23. The molecule has 1 fully saturated rings. The first-order valence-electron chi connectivity index (χ1n) is 9.23. The number of likely N-dealkylation sites (tertiary alicyclic amines) is 1. The van der Waals surface area contributed by atoms with Gasteiger partial charge in [-0.2, -0.15) is 0 Å². The van der Waals surface area contributed by atoms with Gasteiger partial charge in [0.05, 0.1) is 5.92 Å². The van der Waals surface area contributed by atoms with Gasteiger partial charge in [-0.05, 0) is 37.5 Å². The van der Waals surface area contributed by atoms with Gasteiger partial charge in [-0.3, -0.25) is 14.4 Å². The molecule has 1 unspecified atom stereocenters. The highest BCUT2D eigenvalue weighted by atomic mass is 16.2. The number of aromatic nitrogens is 1. The largest absolute Gasteiger partial charge is 0.351 e. The number of H-pyrrole nitrogens is 1. The smallest absolute Gasteiger partial charge is 0.253 e. The summed E-state index contributed by atoms with van der Waals surface area (Å²) in [6.07, 6.45) is 1.00. The minimum absolute atomic E-state index is 0.00967. The SMILES string of the molecule is Cc1cc(C)c(CNC(=O)C2CC(=O)N(CCc3ccccc3)C2)c(=O)[nH]1. The van der Waals surface area contributed by atoms with Gasteiger partial charge in [0, 0.05) is 37.3 Å². The lowest BCUT2D eigenvalue weighted by molar-refractivity contribution is -0.129. The lowest BCUT2D eigenvalue weighted by Crippen LogP contribution is -2.34. The molecule has 1 aromatic carbocycles. The van der Waals surface area contributed by atoms with Crippen LogP contribution in [-0.2, 0) is 22.6 Å². The molecule has 0 bridgehead atoms. The number of amides is 2. The van der Waals surface area contributed by atoms with Crippen LogP contribution in [0.5, 0.6) is 0 Å². The standard InChI is InChI=1S/C21H25N3O3/c1-14-10-15(2)23-21(27)18(14)12-22-20(26)17-11-19(25)24(13-17)9-8-16-6-4-3-5-7-16/h3-7,10,17H,8-9,11-13H2,1-2H3,(H,22,26)(H,23,27). The van der Waals surface area contributed by atoms with Crippen molar-refractivity contribution < 1.29 is 9.59 Å². The molecule has 1 atom stereocenters. The van der Waals surface area contributed by atoms with Crippen molar-refractivity contribution in [1.29, 1.82) is 0 Å². The molecular formula is C21H25N3O3. The Hall–Kier alpha value is -2.89. The molecule has 2 amide bonds. The van der Waals surface area contributed by atoms with Crippen molar-refractivity contribution in [3.05, 3.63) is 69.1 Å². The number of nitrogens with one attached hydrogen (secondary N) is 2. The van der Waals surface area contributed by atoms with Gasteiger partial charge in [0.15, 0.2) is 0 Å². The second-order valence-electron chi connectivity index (χ2n) is 7.14. The molecule has 0 spiro atoms. The third-order valence-corrected chi connectivity index (χ3v) is 5.03. The van der Waals surface area contributed by atoms with E-state index in [9.17, 15) is 14.4 Å². The second kappa shape index (κ2) is 8.20. The van der Waals surface area contributed by atoms with E-state index in [4.69, 9.17) is 0 Å². The molecule has 2 aromatic rings. The van der Waals surface area contributed by atoms with Crippen LogP contribution >= 0.6 is 0 Å². The summed E-state index contributed by atoms with van der Waals surface area (Å²) in [5, 5.41) is 2.82. The number of pyridine rings is 1. The number of carbonyl (C=O) groups excluding carboxylic acids is 2. The topological polar surface area (TPSA) is 82.3 Å². The monoisotopic (exact) mass is 367 g/mol. The van der Waals surface area contributed by atoms with Crippen molar-refractivity contribution in [3.63, 3.8) is 0 Å². The van der Waals surface area contributed by atoms with E-state index < -0.39 is 0 Å². The zero-order chi connectivity index (χ0) is 19.4. The zero-order valence-corrected chi connectivity index (χ0v) is 15.7. The minimum atomic E-state index is -0.363. The summed E-state index contributed by atoms with van der Waals surface area (Å²) in [5.41, 5.74) is 3.19. The van der Waals surface area contributed by atoms with Crippen molar-refractivity contribution in [2.24, 2.45) is 5.92 Å². The Kier molecular flexibility index (Phi) is 5.74. The molecule has 6 nitrogen and oxygen atoms in total. The molecule has 1 aliphatic rings. The van der Waals surface area contributed by atoms with Crippen LogP contribution in [0.25, 0.3) is 0 Å². The summed E-state index contributed by atoms with van der Waals surface area (Å²) in [4.78, 5) is 41.2. The van der Waals surface area contributed by atoms with Crippen LogP contribution in [0.2, 0.25) is 0 Å². The summed E-state index contributed by atoms with van der Waals surface area (Å²) in [5.74, 6) is -0.529. The fraction of sp³-hybridized carbons (Fsp3) is 0.381. The average Bonchev–Trinajstić information content (AvgIpc) is 3.00. The van der Waals surface area contributed by atoms with Crippen molar-refractivity contribution in [3.8, 4) is 0 Å². The summed E-state index contributed by atoms with van der Waals surface area (Å²) >= 11 is 0. The van der Waals surface area contributed by atoms with Crippen LogP contribution in [0, 0.1) is 19.8 Å². The fourth-order valence-corrected chi connectivity index (χ4v) is 3.49. The van der Waals surface area contributed by atoms with E-state index in [1.807, 2.05) is 50.2 Å². The first-order chi connectivity index (χ1) is 12.9. The molecule has 142 valence electrons. The number of aryl methyl sites for hydroxylation is 2. The number of carbonyl (C=O) groups is 2. The minimum Gasteiger partial charge on any atom is -0.351 e. The van der Waals surface area contributed by atoms with E-state index in [-0.39, 0.29) is 36.3 Å². The van der Waals surface area contributed by atoms with E-state index in [1.165, 1.54) is 5.56 Å². The van der Waals surface area contributed by atoms with Crippen LogP contribution in [0.15, 0.2) is 41.2 Å². The van der Waals surface area contributed by atoms with Crippen LogP contribution in [0.4, 0.5) is 0 Å². The molecule has 2 N–H and O–H groups in total. The molecular weight excluding hydrogens is 342 g/mol. The Labute approximate surface area is 158 Å². The van der Waals surface area contributed by atoms with Gasteiger partial charge in [0.1, 0.15) is 0 Å². The number of rotatable bonds is 6. The van der Waals surface area contributed by atoms with Gasteiger partial charge in [-0.1, -0.05) is 30.3 Å². The Morgan fingerprint density at radius 1 is 1.22 bits per heavy atom. The first kappa shape index (κ1) is 18.9. The normalized spacial score (nSPS) is 16.6. The number of benzene rings is 1. The molecule has 6 heteroatoms. The van der Waals surface area contributed by atoms with Crippen LogP contribution < -0.4 is 10.9 Å². The maximum atomic E-state index is 12.5. The molecule has 0 saturated carbocycles. The molecule has 2 heterocycles. The highest BCUT2D eigenvalue weighted by Gasteiger charge is 2.33. The highest BCUT2D eigenvalue weighted by Crippen LogP contribution is 2.18. The van der Waals surface area contributed by atoms with E-state index in [2.05, 4.69) is 10.3 Å². The quantitative estimate of drug-likeness (QED) is 0.815. The number of hydrogen-bond donors (Lipinski definition) is 2. The predicted molar refractivity (Wildman–Crippen MR) is 103 cm³/mol. The van der Waals surface area contributed by atoms with Crippen molar-refractivity contribution in [2.45, 2.75) is 33.2 Å². The Bertz CT molecular complexity index is 889. The van der Waals surface area contributed by atoms with Crippen LogP contribution in [0.3, 0.4) is 0 Å². The third-order valence-electron chi connectivity index (χ3n) is 5.03. The summed E-state index contributed by atoms with van der Waals surface area (Å²) < 4.78 is 0. The van der Waals surface area contributed by atoms with Gasteiger partial charge in [-0.25, -0.2) is 0 Å². The van der Waals surface area contributed by atoms with Gasteiger partial charge in [0.2, 0.25) is 11.8 Å². The third kappa shape index (κ3) is 4.64. The molecule has 1 saturated heterocycles. The van der Waals surface area contributed by atoms with E-state index in [0.29, 0.717) is 18.7 Å². The lowest BCUT2D eigenvalue weighted by Gasteiger charge is -2.16. The van der Waals surface area contributed by atoms with E-state index in [0.717, 1.165) is 17.7 Å². The summed E-state index contributed by atoms with van der Waals surface area (Å²) in [7, 11) is 0. The van der Waals surface area contributed by atoms with Crippen molar-refractivity contribution in [1.82, 2.24) is 15.2 Å². The number of hydrogen-bond acceptors (Lipinski definition) is 3. The fourth-order valence-electron chi connectivity index (χ4n) is 3.49. The lowest BCUT2D eigenvalue weighted by atomic mass is 10.1. The summed E-state index contributed by atoms with van der Waals surface area (Å²) in [6.45, 7) is 4.90. The molecule has 27 heavy (non-hydrogen) atoms. The molecule has 1 aromatic heterocycles. The van der Waals surface area contributed by atoms with Gasteiger partial charge >= 0.3 is 0 Å². The van der Waals surface area contributed by atoms with Crippen LogP contribution in [0.1, 0.15) is 28.8 Å². The number of nitrogens with zero attached hydrogens (tertiary/aromatic N) is 1.